The maximum atomic E-state index is 5.59. The first kappa shape index (κ1) is 16.7. The lowest BCUT2D eigenvalue weighted by Crippen LogP contribution is -2.44. The molecule has 2 saturated heterocycles. The van der Waals surface area contributed by atoms with Gasteiger partial charge in [0.05, 0.1) is 7.11 Å². The van der Waals surface area contributed by atoms with Crippen molar-refractivity contribution in [1.82, 2.24) is 15.1 Å². The molecule has 1 N–H and O–H groups in total. The van der Waals surface area contributed by atoms with E-state index in [1.54, 1.807) is 7.11 Å². The maximum absolute atomic E-state index is 5.59. The molecule has 4 heteroatoms. The highest BCUT2D eigenvalue weighted by atomic mass is 16.5. The minimum atomic E-state index is 1.03. The molecule has 0 atom stereocenters. The van der Waals surface area contributed by atoms with Crippen LogP contribution in [0.15, 0.2) is 18.2 Å². The van der Waals surface area contributed by atoms with Gasteiger partial charge in [0.25, 0.3) is 0 Å². The average Bonchev–Trinajstić information content (AvgIpc) is 2.62. The van der Waals surface area contributed by atoms with Crippen LogP contribution in [0.2, 0.25) is 0 Å². The van der Waals surface area contributed by atoms with E-state index in [0.717, 1.165) is 38.3 Å². The van der Waals surface area contributed by atoms with Crippen molar-refractivity contribution in [3.8, 4) is 5.75 Å². The van der Waals surface area contributed by atoms with Crippen molar-refractivity contribution >= 4 is 0 Å². The summed E-state index contributed by atoms with van der Waals surface area (Å²) in [6.07, 6.45) is 5.20. The second-order valence-electron chi connectivity index (χ2n) is 6.82. The quantitative estimate of drug-likeness (QED) is 0.870. The Bertz CT molecular complexity index is 480. The highest BCUT2D eigenvalue weighted by molar-refractivity contribution is 5.37. The van der Waals surface area contributed by atoms with Crippen molar-refractivity contribution in [3.05, 3.63) is 29.3 Å². The summed E-state index contributed by atoms with van der Waals surface area (Å²) in [6.45, 7) is 9.27. The Kier molecular flexibility index (Phi) is 6.31. The molecule has 2 aliphatic rings. The molecule has 0 aliphatic carbocycles. The van der Waals surface area contributed by atoms with Crippen molar-refractivity contribution < 1.29 is 4.74 Å². The van der Waals surface area contributed by atoms with Crippen molar-refractivity contribution in [2.75, 3.05) is 52.9 Å². The van der Waals surface area contributed by atoms with Crippen molar-refractivity contribution in [2.24, 2.45) is 0 Å². The molecule has 2 aliphatic heterocycles. The number of hydrogen-bond donors (Lipinski definition) is 1. The maximum Gasteiger partial charge on any atom is 0.123 e. The number of likely N-dealkylation sites (tertiary alicyclic amines) is 1. The molecule has 23 heavy (non-hydrogen) atoms. The predicted molar refractivity (Wildman–Crippen MR) is 95.1 cm³/mol. The summed E-state index contributed by atoms with van der Waals surface area (Å²) in [4.78, 5) is 5.13. The Morgan fingerprint density at radius 1 is 1.00 bits per heavy atom. The third kappa shape index (κ3) is 4.93. The Balaban J connectivity index is 1.60. The molecule has 2 heterocycles. The van der Waals surface area contributed by atoms with Gasteiger partial charge in [-0.1, -0.05) is 18.6 Å². The number of benzene rings is 1. The Hall–Kier alpha value is -1.10. The number of methoxy groups -OCH3 is 1. The van der Waals surface area contributed by atoms with Gasteiger partial charge in [0.1, 0.15) is 5.75 Å². The largest absolute Gasteiger partial charge is 0.496 e. The molecule has 2 fully saturated rings. The van der Waals surface area contributed by atoms with Crippen LogP contribution >= 0.6 is 0 Å². The van der Waals surface area contributed by atoms with Crippen LogP contribution in [0.5, 0.6) is 5.75 Å². The number of hydrogen-bond acceptors (Lipinski definition) is 4. The molecule has 0 spiro atoms. The van der Waals surface area contributed by atoms with Gasteiger partial charge in [0.2, 0.25) is 0 Å². The molecule has 3 rings (SSSR count). The van der Waals surface area contributed by atoms with Crippen LogP contribution in [0.1, 0.15) is 30.4 Å². The summed E-state index contributed by atoms with van der Waals surface area (Å²) < 4.78 is 5.59. The van der Waals surface area contributed by atoms with Crippen molar-refractivity contribution in [2.45, 2.75) is 32.2 Å². The number of rotatable bonds is 6. The summed E-state index contributed by atoms with van der Waals surface area (Å²) in [7, 11) is 1.79. The topological polar surface area (TPSA) is 27.7 Å². The molecule has 0 amide bonds. The second-order valence-corrected chi connectivity index (χ2v) is 6.82. The summed E-state index contributed by atoms with van der Waals surface area (Å²) in [6, 6.07) is 6.77. The second kappa shape index (κ2) is 8.67. The zero-order chi connectivity index (χ0) is 15.9. The number of ether oxygens (including phenoxy) is 1. The monoisotopic (exact) mass is 317 g/mol. The molecular weight excluding hydrogens is 286 g/mol. The number of piperazine rings is 1. The van der Waals surface area contributed by atoms with Gasteiger partial charge < -0.3 is 15.0 Å². The van der Waals surface area contributed by atoms with Crippen LogP contribution in [-0.2, 0) is 13.0 Å². The zero-order valence-corrected chi connectivity index (χ0v) is 14.5. The van der Waals surface area contributed by atoms with E-state index in [1.165, 1.54) is 56.6 Å². The molecule has 128 valence electrons. The molecule has 4 nitrogen and oxygen atoms in total. The summed E-state index contributed by atoms with van der Waals surface area (Å²) in [5, 5.41) is 3.42. The Morgan fingerprint density at radius 2 is 1.78 bits per heavy atom. The normalized spacial score (nSPS) is 20.6. The average molecular weight is 317 g/mol. The summed E-state index contributed by atoms with van der Waals surface area (Å²) in [5.41, 5.74) is 2.79. The first-order valence-corrected chi connectivity index (χ1v) is 9.16. The van der Waals surface area contributed by atoms with Gasteiger partial charge in [-0.2, -0.15) is 0 Å². The molecule has 0 aromatic heterocycles. The minimum absolute atomic E-state index is 1.03. The molecule has 0 radical (unpaired) electrons. The fourth-order valence-electron chi connectivity index (χ4n) is 3.69. The van der Waals surface area contributed by atoms with Crippen LogP contribution < -0.4 is 10.1 Å². The van der Waals surface area contributed by atoms with Gasteiger partial charge in [0.15, 0.2) is 0 Å². The lowest BCUT2D eigenvalue weighted by molar-refractivity contribution is 0.218. The summed E-state index contributed by atoms with van der Waals surface area (Å²) >= 11 is 0. The smallest absolute Gasteiger partial charge is 0.123 e. The highest BCUT2D eigenvalue weighted by Crippen LogP contribution is 2.23. The first-order valence-electron chi connectivity index (χ1n) is 9.16. The van der Waals surface area contributed by atoms with Gasteiger partial charge in [-0.25, -0.2) is 0 Å². The van der Waals surface area contributed by atoms with Crippen LogP contribution in [0, 0.1) is 0 Å². The van der Waals surface area contributed by atoms with Gasteiger partial charge in [-0.05, 0) is 44.0 Å². The van der Waals surface area contributed by atoms with Crippen LogP contribution in [0.3, 0.4) is 0 Å². The van der Waals surface area contributed by atoms with E-state index in [-0.39, 0.29) is 0 Å². The van der Waals surface area contributed by atoms with E-state index in [4.69, 9.17) is 4.74 Å². The van der Waals surface area contributed by atoms with E-state index in [1.807, 2.05) is 0 Å². The van der Waals surface area contributed by atoms with Crippen molar-refractivity contribution in [1.29, 1.82) is 0 Å². The van der Waals surface area contributed by atoms with E-state index in [9.17, 15) is 0 Å². The fraction of sp³-hybridized carbons (Fsp3) is 0.684. The molecule has 0 bridgehead atoms. The van der Waals surface area contributed by atoms with Crippen molar-refractivity contribution in [3.63, 3.8) is 0 Å². The lowest BCUT2D eigenvalue weighted by atomic mass is 10.0. The standard InChI is InChI=1S/C19H31N3O/c1-23-19-6-5-17(7-12-21-13-8-20-9-14-21)15-18(19)16-22-10-3-2-4-11-22/h5-6,15,20H,2-4,7-14,16H2,1H3. The molecule has 0 unspecified atom stereocenters. The predicted octanol–water partition coefficient (Wildman–Crippen LogP) is 2.13. The van der Waals surface area contributed by atoms with Crippen LogP contribution in [0.25, 0.3) is 0 Å². The third-order valence-electron chi connectivity index (χ3n) is 5.11. The van der Waals surface area contributed by atoms with E-state index in [0.29, 0.717) is 0 Å². The number of piperidine rings is 1. The Morgan fingerprint density at radius 3 is 2.52 bits per heavy atom. The molecule has 1 aromatic rings. The minimum Gasteiger partial charge on any atom is -0.496 e. The number of nitrogens with zero attached hydrogens (tertiary/aromatic N) is 2. The highest BCUT2D eigenvalue weighted by Gasteiger charge is 2.14. The van der Waals surface area contributed by atoms with Gasteiger partial charge in [0, 0.05) is 44.8 Å². The third-order valence-corrected chi connectivity index (χ3v) is 5.11. The first-order chi connectivity index (χ1) is 11.3. The number of nitrogens with one attached hydrogen (secondary N) is 1. The molecular formula is C19H31N3O. The zero-order valence-electron chi connectivity index (χ0n) is 14.5. The lowest BCUT2D eigenvalue weighted by Gasteiger charge is -2.28. The molecule has 0 saturated carbocycles. The summed E-state index contributed by atoms with van der Waals surface area (Å²) in [5.74, 6) is 1.04. The Labute approximate surface area is 140 Å². The molecule has 1 aromatic carbocycles. The van der Waals surface area contributed by atoms with E-state index >= 15 is 0 Å². The van der Waals surface area contributed by atoms with Gasteiger partial charge >= 0.3 is 0 Å². The van der Waals surface area contributed by atoms with Crippen LogP contribution in [-0.4, -0.2) is 62.7 Å². The van der Waals surface area contributed by atoms with E-state index in [2.05, 4.69) is 33.3 Å². The van der Waals surface area contributed by atoms with Crippen LogP contribution in [0.4, 0.5) is 0 Å². The SMILES string of the molecule is COc1ccc(CCN2CCNCC2)cc1CN1CCCCC1. The van der Waals surface area contributed by atoms with E-state index < -0.39 is 0 Å². The fourth-order valence-corrected chi connectivity index (χ4v) is 3.69. The van der Waals surface area contributed by atoms with Gasteiger partial charge in [-0.15, -0.1) is 0 Å². The van der Waals surface area contributed by atoms with Gasteiger partial charge in [-0.3, -0.25) is 4.90 Å².